The first-order valence-electron chi connectivity index (χ1n) is 5.29. The van der Waals surface area contributed by atoms with Crippen LogP contribution in [-0.4, -0.2) is 29.8 Å². The van der Waals surface area contributed by atoms with E-state index in [4.69, 9.17) is 27.6 Å². The molecule has 0 atom stereocenters. The molecule has 0 N–H and O–H groups in total. The lowest BCUT2D eigenvalue weighted by atomic mass is 10.3. The molecule has 1 rings (SSSR count). The molecule has 0 aliphatic heterocycles. The highest BCUT2D eigenvalue weighted by molar-refractivity contribution is 6.29. The molecule has 3 nitrogen and oxygen atoms in total. The number of amides is 1. The molecule has 5 heteroatoms. The zero-order valence-corrected chi connectivity index (χ0v) is 10.7. The van der Waals surface area contributed by atoms with E-state index in [1.165, 1.54) is 0 Å². The Morgan fingerprint density at radius 3 is 2.69 bits per heavy atom. The third kappa shape index (κ3) is 3.72. The van der Waals surface area contributed by atoms with Crippen LogP contribution in [0.1, 0.15) is 30.3 Å². The van der Waals surface area contributed by atoms with Crippen LogP contribution in [0.25, 0.3) is 0 Å². The molecule has 1 amide bonds. The second kappa shape index (κ2) is 6.81. The van der Waals surface area contributed by atoms with Gasteiger partial charge in [0.1, 0.15) is 0 Å². The molecule has 0 spiro atoms. The number of alkyl halides is 1. The summed E-state index contributed by atoms with van der Waals surface area (Å²) in [7, 11) is 0. The monoisotopic (exact) mass is 263 g/mol. The Bertz CT molecular complexity index is 338. The number of carbonyl (C=O) groups is 1. The molecular formula is C11H15Cl2NO2. The van der Waals surface area contributed by atoms with Crippen molar-refractivity contribution < 1.29 is 9.21 Å². The van der Waals surface area contributed by atoms with E-state index in [1.807, 2.05) is 0 Å². The molecule has 1 aromatic heterocycles. The predicted octanol–water partition coefficient (Wildman–Crippen LogP) is 3.41. The van der Waals surface area contributed by atoms with E-state index in [2.05, 4.69) is 6.92 Å². The zero-order valence-electron chi connectivity index (χ0n) is 9.21. The lowest BCUT2D eigenvalue weighted by Crippen LogP contribution is -2.33. The summed E-state index contributed by atoms with van der Waals surface area (Å²) in [5.41, 5.74) is 0. The first-order chi connectivity index (χ1) is 7.69. The van der Waals surface area contributed by atoms with Gasteiger partial charge in [-0.05, 0) is 30.2 Å². The van der Waals surface area contributed by atoms with Crippen molar-refractivity contribution in [2.45, 2.75) is 19.8 Å². The van der Waals surface area contributed by atoms with Crippen molar-refractivity contribution >= 4 is 29.1 Å². The molecule has 16 heavy (non-hydrogen) atoms. The molecule has 0 aliphatic rings. The third-order valence-electron chi connectivity index (χ3n) is 2.21. The van der Waals surface area contributed by atoms with E-state index in [0.29, 0.717) is 19.0 Å². The number of halogens is 2. The zero-order chi connectivity index (χ0) is 12.0. The molecule has 0 saturated heterocycles. The second-order valence-corrected chi connectivity index (χ2v) is 4.19. The molecule has 0 saturated carbocycles. The van der Waals surface area contributed by atoms with Gasteiger partial charge in [0.2, 0.25) is 0 Å². The minimum Gasteiger partial charge on any atom is -0.440 e. The molecule has 1 aromatic rings. The van der Waals surface area contributed by atoms with Gasteiger partial charge in [-0.3, -0.25) is 4.79 Å². The number of hydrogen-bond donors (Lipinski definition) is 0. The maximum atomic E-state index is 12.0. The number of carbonyl (C=O) groups excluding carboxylic acids is 1. The second-order valence-electron chi connectivity index (χ2n) is 3.44. The maximum absolute atomic E-state index is 12.0. The fraction of sp³-hybridized carbons (Fsp3) is 0.545. The molecule has 90 valence electrons. The SMILES string of the molecule is CCCCN(CCCl)C(=O)c1ccc(Cl)o1. The minimum atomic E-state index is -0.152. The van der Waals surface area contributed by atoms with E-state index in [1.54, 1.807) is 17.0 Å². The van der Waals surface area contributed by atoms with Crippen LogP contribution in [-0.2, 0) is 0 Å². The van der Waals surface area contributed by atoms with Crippen LogP contribution in [0.15, 0.2) is 16.5 Å². The average molecular weight is 264 g/mol. The highest BCUT2D eigenvalue weighted by Crippen LogP contribution is 2.15. The number of rotatable bonds is 6. The Kier molecular flexibility index (Phi) is 5.71. The minimum absolute atomic E-state index is 0.152. The molecule has 0 aliphatic carbocycles. The van der Waals surface area contributed by atoms with Gasteiger partial charge in [0.15, 0.2) is 11.0 Å². The molecule has 0 bridgehead atoms. The summed E-state index contributed by atoms with van der Waals surface area (Å²) >= 11 is 11.3. The van der Waals surface area contributed by atoms with Gasteiger partial charge >= 0.3 is 0 Å². The van der Waals surface area contributed by atoms with Crippen LogP contribution in [0.3, 0.4) is 0 Å². The van der Waals surface area contributed by atoms with Crippen molar-refractivity contribution in [3.8, 4) is 0 Å². The van der Waals surface area contributed by atoms with Crippen molar-refractivity contribution in [3.05, 3.63) is 23.1 Å². The van der Waals surface area contributed by atoms with Crippen LogP contribution < -0.4 is 0 Å². The standard InChI is InChI=1S/C11H15Cl2NO2/c1-2-3-7-14(8-6-12)11(15)9-4-5-10(13)16-9/h4-5H,2-3,6-8H2,1H3. The molecule has 1 heterocycles. The highest BCUT2D eigenvalue weighted by Gasteiger charge is 2.17. The summed E-state index contributed by atoms with van der Waals surface area (Å²) in [4.78, 5) is 13.7. The van der Waals surface area contributed by atoms with Gasteiger partial charge in [0.05, 0.1) is 0 Å². The van der Waals surface area contributed by atoms with Crippen LogP contribution in [0.5, 0.6) is 0 Å². The Balaban J connectivity index is 2.66. The number of unbranched alkanes of at least 4 members (excludes halogenated alkanes) is 1. The summed E-state index contributed by atoms with van der Waals surface area (Å²) in [6, 6.07) is 3.14. The van der Waals surface area contributed by atoms with Crippen molar-refractivity contribution in [2.24, 2.45) is 0 Å². The van der Waals surface area contributed by atoms with E-state index in [-0.39, 0.29) is 16.9 Å². The molecule has 0 aromatic carbocycles. The molecule has 0 fully saturated rings. The lowest BCUT2D eigenvalue weighted by Gasteiger charge is -2.19. The molecule has 0 unspecified atom stereocenters. The van der Waals surface area contributed by atoms with Crippen molar-refractivity contribution in [1.29, 1.82) is 0 Å². The maximum Gasteiger partial charge on any atom is 0.289 e. The van der Waals surface area contributed by atoms with E-state index in [9.17, 15) is 4.79 Å². The van der Waals surface area contributed by atoms with Gasteiger partial charge < -0.3 is 9.32 Å². The van der Waals surface area contributed by atoms with Crippen LogP contribution >= 0.6 is 23.2 Å². The predicted molar refractivity (Wildman–Crippen MR) is 65.2 cm³/mol. The Morgan fingerprint density at radius 1 is 1.44 bits per heavy atom. The topological polar surface area (TPSA) is 33.5 Å². The summed E-state index contributed by atoms with van der Waals surface area (Å²) in [6.07, 6.45) is 1.99. The van der Waals surface area contributed by atoms with Gasteiger partial charge in [-0.1, -0.05) is 13.3 Å². The fourth-order valence-electron chi connectivity index (χ4n) is 1.35. The quantitative estimate of drug-likeness (QED) is 0.737. The van der Waals surface area contributed by atoms with Gasteiger partial charge in [-0.25, -0.2) is 0 Å². The number of furan rings is 1. The summed E-state index contributed by atoms with van der Waals surface area (Å²) in [6.45, 7) is 3.30. The smallest absolute Gasteiger partial charge is 0.289 e. The molecule has 0 radical (unpaired) electrons. The van der Waals surface area contributed by atoms with Crippen molar-refractivity contribution in [2.75, 3.05) is 19.0 Å². The van der Waals surface area contributed by atoms with Crippen molar-refractivity contribution in [1.82, 2.24) is 4.90 Å². The molecular weight excluding hydrogens is 249 g/mol. The number of nitrogens with zero attached hydrogens (tertiary/aromatic N) is 1. The van der Waals surface area contributed by atoms with Gasteiger partial charge in [-0.15, -0.1) is 11.6 Å². The van der Waals surface area contributed by atoms with Gasteiger partial charge in [0, 0.05) is 19.0 Å². The van der Waals surface area contributed by atoms with Crippen LogP contribution in [0.4, 0.5) is 0 Å². The fourth-order valence-corrected chi connectivity index (χ4v) is 1.70. The van der Waals surface area contributed by atoms with Crippen molar-refractivity contribution in [3.63, 3.8) is 0 Å². The number of hydrogen-bond acceptors (Lipinski definition) is 2. The van der Waals surface area contributed by atoms with E-state index >= 15 is 0 Å². The third-order valence-corrected chi connectivity index (χ3v) is 2.58. The summed E-state index contributed by atoms with van der Waals surface area (Å²) < 4.78 is 5.08. The Morgan fingerprint density at radius 2 is 2.19 bits per heavy atom. The van der Waals surface area contributed by atoms with Crippen LogP contribution in [0.2, 0.25) is 5.22 Å². The highest BCUT2D eigenvalue weighted by atomic mass is 35.5. The average Bonchev–Trinajstić information content (AvgIpc) is 2.70. The first kappa shape index (κ1) is 13.4. The normalized spacial score (nSPS) is 10.4. The van der Waals surface area contributed by atoms with Gasteiger partial charge in [0.25, 0.3) is 5.91 Å². The summed E-state index contributed by atoms with van der Waals surface area (Å²) in [5, 5.41) is 0.227. The Labute approximate surface area is 105 Å². The van der Waals surface area contributed by atoms with E-state index < -0.39 is 0 Å². The summed E-state index contributed by atoms with van der Waals surface area (Å²) in [5.74, 6) is 0.538. The Hall–Kier alpha value is -0.670. The van der Waals surface area contributed by atoms with E-state index in [0.717, 1.165) is 12.8 Å². The largest absolute Gasteiger partial charge is 0.440 e. The van der Waals surface area contributed by atoms with Crippen LogP contribution in [0, 0.1) is 0 Å². The van der Waals surface area contributed by atoms with Gasteiger partial charge in [-0.2, -0.15) is 0 Å². The lowest BCUT2D eigenvalue weighted by molar-refractivity contribution is 0.0731. The first-order valence-corrected chi connectivity index (χ1v) is 6.20.